The van der Waals surface area contributed by atoms with Crippen LogP contribution in [0.5, 0.6) is 0 Å². The lowest BCUT2D eigenvalue weighted by Gasteiger charge is -2.08. The first-order valence-corrected chi connectivity index (χ1v) is 3.90. The molecule has 0 saturated carbocycles. The third-order valence-electron chi connectivity index (χ3n) is 0.337. The number of rotatable bonds is 2. The van der Waals surface area contributed by atoms with Gasteiger partial charge < -0.3 is 0 Å². The van der Waals surface area contributed by atoms with Crippen molar-refractivity contribution in [1.82, 2.24) is 8.83 Å². The monoisotopic (exact) mass is 176 g/mol. The second kappa shape index (κ2) is 3.96. The van der Waals surface area contributed by atoms with Gasteiger partial charge in [-0.25, -0.2) is 0 Å². The zero-order chi connectivity index (χ0) is 5.86. The SMILES string of the molecule is CN(P=S)N(Cl)Cl. The number of hydrogen-bond acceptors (Lipinski definition) is 2. The molecule has 0 aromatic heterocycles. The van der Waals surface area contributed by atoms with Gasteiger partial charge in [0.15, 0.2) is 0 Å². The van der Waals surface area contributed by atoms with E-state index in [4.69, 9.17) is 23.6 Å². The van der Waals surface area contributed by atoms with Crippen LogP contribution in [-0.4, -0.2) is 15.9 Å². The maximum absolute atomic E-state index is 5.18. The third-order valence-corrected chi connectivity index (χ3v) is 2.13. The van der Waals surface area contributed by atoms with Gasteiger partial charge in [0.25, 0.3) is 0 Å². The Morgan fingerprint density at radius 2 is 2.00 bits per heavy atom. The van der Waals surface area contributed by atoms with Crippen molar-refractivity contribution < 1.29 is 0 Å². The Morgan fingerprint density at radius 3 is 2.00 bits per heavy atom. The first-order valence-electron chi connectivity index (χ1n) is 1.37. The van der Waals surface area contributed by atoms with E-state index in [1.807, 2.05) is 0 Å². The van der Waals surface area contributed by atoms with Crippen LogP contribution < -0.4 is 0 Å². The van der Waals surface area contributed by atoms with E-state index >= 15 is 0 Å². The fraction of sp³-hybridized carbons (Fsp3) is 1.00. The first kappa shape index (κ1) is 8.02. The lowest BCUT2D eigenvalue weighted by Crippen LogP contribution is -2.12. The Labute approximate surface area is 59.1 Å². The highest BCUT2D eigenvalue weighted by Crippen LogP contribution is 2.11. The van der Waals surface area contributed by atoms with Crippen LogP contribution in [0.3, 0.4) is 0 Å². The second-order valence-electron chi connectivity index (χ2n) is 0.786. The average molecular weight is 177 g/mol. The first-order chi connectivity index (χ1) is 3.18. The van der Waals surface area contributed by atoms with Crippen LogP contribution in [0, 0.1) is 0 Å². The average Bonchev–Trinajstić information content (AvgIpc) is 1.65. The van der Waals surface area contributed by atoms with E-state index in [-0.39, 0.29) is 0 Å². The molecule has 0 aliphatic rings. The van der Waals surface area contributed by atoms with Gasteiger partial charge in [-0.05, 0) is 11.8 Å². The molecule has 42 valence electrons. The zero-order valence-electron chi connectivity index (χ0n) is 3.51. The Morgan fingerprint density at radius 1 is 1.57 bits per heavy atom. The quantitative estimate of drug-likeness (QED) is 0.360. The molecule has 0 rings (SSSR count). The predicted molar refractivity (Wildman–Crippen MR) is 35.6 cm³/mol. The van der Waals surface area contributed by atoms with E-state index in [0.717, 1.165) is 4.05 Å². The Kier molecular flexibility index (Phi) is 4.53. The van der Waals surface area contributed by atoms with Gasteiger partial charge in [0, 0.05) is 30.6 Å². The molecular formula is CH3Cl2N2PS. The Bertz CT molecular complexity index is 68.7. The van der Waals surface area contributed by atoms with Gasteiger partial charge in [0.1, 0.15) is 0 Å². The zero-order valence-corrected chi connectivity index (χ0v) is 6.73. The van der Waals surface area contributed by atoms with Gasteiger partial charge >= 0.3 is 0 Å². The molecule has 0 saturated heterocycles. The summed E-state index contributed by atoms with van der Waals surface area (Å²) >= 11 is 14.9. The fourth-order valence-electron chi connectivity index (χ4n) is 0.0276. The van der Waals surface area contributed by atoms with Crippen LogP contribution in [0.4, 0.5) is 0 Å². The standard InChI is InChI=1S/CH3Cl2N2PS/c1-4(6-7)5(2)3/h1H3. The molecule has 0 radical (unpaired) electrons. The molecule has 0 spiro atoms. The maximum atomic E-state index is 5.18. The van der Waals surface area contributed by atoms with Crippen molar-refractivity contribution >= 4 is 42.9 Å². The highest BCUT2D eigenvalue weighted by molar-refractivity contribution is 7.95. The van der Waals surface area contributed by atoms with Crippen molar-refractivity contribution in [2.24, 2.45) is 0 Å². The third kappa shape index (κ3) is 3.59. The summed E-state index contributed by atoms with van der Waals surface area (Å²) < 4.78 is 2.33. The molecule has 0 bridgehead atoms. The normalized spacial score (nSPS) is 11.6. The Hall–Kier alpha value is 1.02. The van der Waals surface area contributed by atoms with Gasteiger partial charge in [0.05, 0.1) is 7.51 Å². The molecule has 0 unspecified atom stereocenters. The van der Waals surface area contributed by atoms with Gasteiger partial charge in [-0.3, -0.25) is 0 Å². The highest BCUT2D eigenvalue weighted by atomic mass is 35.5. The molecule has 0 N–H and O–H groups in total. The van der Waals surface area contributed by atoms with Crippen LogP contribution in [0.1, 0.15) is 0 Å². The molecular weight excluding hydrogens is 174 g/mol. The summed E-state index contributed by atoms with van der Waals surface area (Å²) in [6.45, 7) is 0. The van der Waals surface area contributed by atoms with Gasteiger partial charge in [-0.15, -0.1) is 0 Å². The molecule has 0 aliphatic carbocycles. The number of hydrogen-bond donors (Lipinski definition) is 0. The summed E-state index contributed by atoms with van der Waals surface area (Å²) in [5, 5.41) is 0. The smallest absolute Gasteiger partial charge is 0.0788 e. The van der Waals surface area contributed by atoms with E-state index in [1.54, 1.807) is 7.05 Å². The molecule has 6 heteroatoms. The van der Waals surface area contributed by atoms with Gasteiger partial charge in [0.2, 0.25) is 0 Å². The minimum atomic E-state index is 0.601. The number of nitrogens with zero attached hydrogens (tertiary/aromatic N) is 2. The molecule has 0 heterocycles. The molecule has 0 amide bonds. The van der Waals surface area contributed by atoms with Crippen molar-refractivity contribution in [2.45, 2.75) is 0 Å². The largest absolute Gasteiger partial charge is 0.156 e. The molecule has 2 nitrogen and oxygen atoms in total. The fourth-order valence-corrected chi connectivity index (χ4v) is 0.745. The molecule has 0 fully saturated rings. The van der Waals surface area contributed by atoms with Crippen molar-refractivity contribution in [1.29, 1.82) is 0 Å². The summed E-state index contributed by atoms with van der Waals surface area (Å²) in [5.74, 6) is 0. The molecule has 0 aromatic carbocycles. The minimum absolute atomic E-state index is 0.601. The van der Waals surface area contributed by atoms with Crippen LogP contribution in [-0.2, 0) is 11.8 Å². The summed E-state index contributed by atoms with van der Waals surface area (Å²) in [7, 11) is 2.28. The molecule has 0 aliphatic heterocycles. The van der Waals surface area contributed by atoms with E-state index in [9.17, 15) is 0 Å². The van der Waals surface area contributed by atoms with E-state index in [1.165, 1.54) is 4.78 Å². The van der Waals surface area contributed by atoms with E-state index in [2.05, 4.69) is 11.8 Å². The summed E-state index contributed by atoms with van der Waals surface area (Å²) in [6.07, 6.45) is 0. The van der Waals surface area contributed by atoms with Gasteiger partial charge in [-0.1, -0.05) is 4.05 Å². The number of hydrazine groups is 1. The van der Waals surface area contributed by atoms with Crippen LogP contribution in [0.2, 0.25) is 0 Å². The van der Waals surface area contributed by atoms with Crippen molar-refractivity contribution in [3.8, 4) is 0 Å². The van der Waals surface area contributed by atoms with Crippen molar-refractivity contribution in [3.63, 3.8) is 0 Å². The lowest BCUT2D eigenvalue weighted by atomic mass is 11.5. The molecule has 0 aromatic rings. The molecule has 7 heavy (non-hydrogen) atoms. The van der Waals surface area contributed by atoms with Crippen LogP contribution in [0.25, 0.3) is 0 Å². The predicted octanol–water partition coefficient (Wildman–Crippen LogP) is 1.77. The topological polar surface area (TPSA) is 6.48 Å². The molecule has 0 atom stereocenters. The van der Waals surface area contributed by atoms with E-state index in [0.29, 0.717) is 7.51 Å². The van der Waals surface area contributed by atoms with Crippen LogP contribution >= 0.6 is 31.1 Å². The summed E-state index contributed by atoms with van der Waals surface area (Å²) in [6, 6.07) is 0. The summed E-state index contributed by atoms with van der Waals surface area (Å²) in [4.78, 5) is 0. The van der Waals surface area contributed by atoms with E-state index < -0.39 is 0 Å². The van der Waals surface area contributed by atoms with Crippen molar-refractivity contribution in [2.75, 3.05) is 7.05 Å². The Balaban J connectivity index is 3.33. The van der Waals surface area contributed by atoms with Crippen LogP contribution in [0.15, 0.2) is 0 Å². The highest BCUT2D eigenvalue weighted by Gasteiger charge is 1.97. The van der Waals surface area contributed by atoms with Crippen molar-refractivity contribution in [3.05, 3.63) is 0 Å². The minimum Gasteiger partial charge on any atom is -0.156 e. The maximum Gasteiger partial charge on any atom is 0.0788 e. The lowest BCUT2D eigenvalue weighted by molar-refractivity contribution is 0.366. The summed E-state index contributed by atoms with van der Waals surface area (Å²) in [5.41, 5.74) is 0. The second-order valence-corrected chi connectivity index (χ2v) is 2.83. The number of halogens is 2. The van der Waals surface area contributed by atoms with Gasteiger partial charge in [-0.2, -0.15) is 4.78 Å².